The summed E-state index contributed by atoms with van der Waals surface area (Å²) in [6.45, 7) is 2.25. The van der Waals surface area contributed by atoms with Crippen LogP contribution in [0.25, 0.3) is 0 Å². The van der Waals surface area contributed by atoms with Crippen molar-refractivity contribution in [3.05, 3.63) is 35.1 Å². The highest BCUT2D eigenvalue weighted by Crippen LogP contribution is 2.24. The first-order valence-corrected chi connectivity index (χ1v) is 6.16. The van der Waals surface area contributed by atoms with Crippen LogP contribution in [-0.4, -0.2) is 26.8 Å². The fourth-order valence-corrected chi connectivity index (χ4v) is 1.68. The lowest BCUT2D eigenvalue weighted by Gasteiger charge is -2.17. The fraction of sp³-hybridized carbons (Fsp3) is 0.500. The summed E-state index contributed by atoms with van der Waals surface area (Å²) in [6.07, 6.45) is 0.841. The topological polar surface area (TPSA) is 44.8 Å². The van der Waals surface area contributed by atoms with Crippen LogP contribution in [0.15, 0.2) is 18.2 Å². The Kier molecular flexibility index (Phi) is 6.45. The summed E-state index contributed by atoms with van der Waals surface area (Å²) < 4.78 is 29.0. The van der Waals surface area contributed by atoms with Gasteiger partial charge in [-0.05, 0) is 12.5 Å². The molecule has 5 heteroatoms. The Morgan fingerprint density at radius 3 is 2.58 bits per heavy atom. The summed E-state index contributed by atoms with van der Waals surface area (Å²) in [6, 6.07) is 4.29. The summed E-state index contributed by atoms with van der Waals surface area (Å²) in [7, 11) is 2.84. The molecule has 0 aliphatic carbocycles. The van der Waals surface area contributed by atoms with Crippen LogP contribution in [0.4, 0.5) is 4.39 Å². The van der Waals surface area contributed by atoms with Gasteiger partial charge in [-0.15, -0.1) is 0 Å². The number of carbonyl (C=O) groups excluding carboxylic acids is 1. The smallest absolute Gasteiger partial charge is 0.341 e. The summed E-state index contributed by atoms with van der Waals surface area (Å²) in [4.78, 5) is 11.9. The first-order valence-electron chi connectivity index (χ1n) is 6.16. The van der Waals surface area contributed by atoms with Crippen LogP contribution in [0.3, 0.4) is 0 Å². The van der Waals surface area contributed by atoms with Crippen molar-refractivity contribution in [2.24, 2.45) is 0 Å². The van der Waals surface area contributed by atoms with Gasteiger partial charge in [-0.2, -0.15) is 0 Å². The minimum atomic E-state index is -0.801. The Balaban J connectivity index is 3.00. The lowest BCUT2D eigenvalue weighted by Crippen LogP contribution is -2.15. The van der Waals surface area contributed by atoms with Crippen LogP contribution < -0.4 is 0 Å². The standard InChI is InChI=1S/C14H19FO4/c1-4-5-9-19-13(16)12-10(14(17-2)18-3)7-6-8-11(12)15/h6-8,14H,4-5,9H2,1-3H3. The van der Waals surface area contributed by atoms with Crippen molar-refractivity contribution >= 4 is 5.97 Å². The van der Waals surface area contributed by atoms with E-state index in [9.17, 15) is 9.18 Å². The summed E-state index contributed by atoms with van der Waals surface area (Å²) in [5.74, 6) is -1.33. The van der Waals surface area contributed by atoms with Crippen LogP contribution in [0.1, 0.15) is 42.0 Å². The number of halogens is 1. The lowest BCUT2D eigenvalue weighted by atomic mass is 10.1. The van der Waals surface area contributed by atoms with Crippen LogP contribution in [0, 0.1) is 5.82 Å². The van der Waals surface area contributed by atoms with Gasteiger partial charge in [0.1, 0.15) is 11.4 Å². The molecule has 0 heterocycles. The number of rotatable bonds is 7. The minimum absolute atomic E-state index is 0.132. The maximum absolute atomic E-state index is 13.8. The summed E-state index contributed by atoms with van der Waals surface area (Å²) in [5, 5.41) is 0. The molecule has 0 unspecified atom stereocenters. The maximum atomic E-state index is 13.8. The molecule has 0 radical (unpaired) electrons. The van der Waals surface area contributed by atoms with Gasteiger partial charge in [-0.25, -0.2) is 9.18 Å². The van der Waals surface area contributed by atoms with Crippen molar-refractivity contribution < 1.29 is 23.4 Å². The molecular formula is C14H19FO4. The number of hydrogen-bond acceptors (Lipinski definition) is 4. The maximum Gasteiger partial charge on any atom is 0.341 e. The molecule has 0 aliphatic heterocycles. The zero-order valence-electron chi connectivity index (χ0n) is 11.4. The van der Waals surface area contributed by atoms with Gasteiger partial charge in [0.2, 0.25) is 0 Å². The number of hydrogen-bond donors (Lipinski definition) is 0. The van der Waals surface area contributed by atoms with E-state index >= 15 is 0 Å². The largest absolute Gasteiger partial charge is 0.462 e. The van der Waals surface area contributed by atoms with E-state index in [1.54, 1.807) is 6.07 Å². The van der Waals surface area contributed by atoms with Gasteiger partial charge in [-0.3, -0.25) is 0 Å². The third-order valence-electron chi connectivity index (χ3n) is 2.66. The highest BCUT2D eigenvalue weighted by molar-refractivity contribution is 5.91. The molecule has 0 saturated heterocycles. The van der Waals surface area contributed by atoms with Gasteiger partial charge < -0.3 is 14.2 Å². The zero-order chi connectivity index (χ0) is 14.3. The van der Waals surface area contributed by atoms with E-state index in [2.05, 4.69) is 0 Å². The highest BCUT2D eigenvalue weighted by atomic mass is 19.1. The number of unbranched alkanes of at least 4 members (excludes halogenated alkanes) is 1. The SMILES string of the molecule is CCCCOC(=O)c1c(F)cccc1C(OC)OC. The number of esters is 1. The van der Waals surface area contributed by atoms with E-state index in [4.69, 9.17) is 14.2 Å². The average molecular weight is 270 g/mol. The van der Waals surface area contributed by atoms with Crippen molar-refractivity contribution in [2.45, 2.75) is 26.1 Å². The van der Waals surface area contributed by atoms with E-state index in [0.29, 0.717) is 5.56 Å². The monoisotopic (exact) mass is 270 g/mol. The number of carbonyl (C=O) groups is 1. The van der Waals surface area contributed by atoms with Gasteiger partial charge >= 0.3 is 5.97 Å². The van der Waals surface area contributed by atoms with Crippen molar-refractivity contribution in [3.63, 3.8) is 0 Å². The molecule has 0 amide bonds. The first-order chi connectivity index (χ1) is 9.15. The van der Waals surface area contributed by atoms with E-state index in [1.807, 2.05) is 6.92 Å². The molecule has 0 aromatic heterocycles. The summed E-state index contributed by atoms with van der Waals surface area (Å²) in [5.41, 5.74) is 0.193. The zero-order valence-corrected chi connectivity index (χ0v) is 11.4. The number of ether oxygens (including phenoxy) is 3. The molecule has 106 valence electrons. The van der Waals surface area contributed by atoms with E-state index in [1.165, 1.54) is 26.4 Å². The predicted octanol–water partition coefficient (Wildman–Crippen LogP) is 3.07. The molecule has 1 rings (SSSR count). The quantitative estimate of drug-likeness (QED) is 0.434. The van der Waals surface area contributed by atoms with Gasteiger partial charge in [0, 0.05) is 19.8 Å². The molecule has 0 aliphatic rings. The van der Waals surface area contributed by atoms with Crippen LogP contribution in [0.5, 0.6) is 0 Å². The highest BCUT2D eigenvalue weighted by Gasteiger charge is 2.23. The van der Waals surface area contributed by atoms with Crippen LogP contribution >= 0.6 is 0 Å². The fourth-order valence-electron chi connectivity index (χ4n) is 1.68. The Labute approximate surface area is 112 Å². The van der Waals surface area contributed by atoms with Crippen LogP contribution in [-0.2, 0) is 14.2 Å². The van der Waals surface area contributed by atoms with Gasteiger partial charge in [0.25, 0.3) is 0 Å². The predicted molar refractivity (Wildman–Crippen MR) is 68.3 cm³/mol. The second-order valence-corrected chi connectivity index (χ2v) is 4.00. The molecule has 1 aromatic carbocycles. The van der Waals surface area contributed by atoms with Crippen molar-refractivity contribution in [2.75, 3.05) is 20.8 Å². The Morgan fingerprint density at radius 1 is 1.32 bits per heavy atom. The number of methoxy groups -OCH3 is 2. The molecule has 0 saturated carbocycles. The third-order valence-corrected chi connectivity index (χ3v) is 2.66. The number of benzene rings is 1. The molecule has 0 bridgehead atoms. The Morgan fingerprint density at radius 2 is 2.00 bits per heavy atom. The van der Waals surface area contributed by atoms with E-state index in [-0.39, 0.29) is 12.2 Å². The molecule has 0 atom stereocenters. The van der Waals surface area contributed by atoms with E-state index < -0.39 is 18.1 Å². The van der Waals surface area contributed by atoms with Crippen LogP contribution in [0.2, 0.25) is 0 Å². The lowest BCUT2D eigenvalue weighted by molar-refractivity contribution is -0.106. The van der Waals surface area contributed by atoms with Gasteiger partial charge in [-0.1, -0.05) is 25.5 Å². The van der Waals surface area contributed by atoms with Crippen molar-refractivity contribution in [1.82, 2.24) is 0 Å². The molecule has 1 aromatic rings. The summed E-state index contributed by atoms with van der Waals surface area (Å²) >= 11 is 0. The third kappa shape index (κ3) is 4.01. The Hall–Kier alpha value is -1.46. The molecular weight excluding hydrogens is 251 g/mol. The molecule has 0 N–H and O–H groups in total. The normalized spacial score (nSPS) is 10.8. The average Bonchev–Trinajstić information content (AvgIpc) is 2.40. The van der Waals surface area contributed by atoms with Gasteiger partial charge in [0.15, 0.2) is 6.29 Å². The second-order valence-electron chi connectivity index (χ2n) is 4.00. The minimum Gasteiger partial charge on any atom is -0.462 e. The van der Waals surface area contributed by atoms with Crippen molar-refractivity contribution in [1.29, 1.82) is 0 Å². The molecule has 19 heavy (non-hydrogen) atoms. The molecule has 4 nitrogen and oxygen atoms in total. The molecule has 0 spiro atoms. The van der Waals surface area contributed by atoms with Gasteiger partial charge in [0.05, 0.1) is 6.61 Å². The second kappa shape index (κ2) is 7.86. The Bertz CT molecular complexity index is 416. The first kappa shape index (κ1) is 15.6. The van der Waals surface area contributed by atoms with Crippen molar-refractivity contribution in [3.8, 4) is 0 Å². The van der Waals surface area contributed by atoms with E-state index in [0.717, 1.165) is 12.8 Å². The molecule has 0 fully saturated rings.